The molecule has 0 radical (unpaired) electrons. The molecule has 1 N–H and O–H groups in total. The second kappa shape index (κ2) is 7.49. The number of aliphatic hydroxyl groups excluding tert-OH is 1. The Hall–Kier alpha value is -0.830. The van der Waals surface area contributed by atoms with Crippen LogP contribution >= 0.6 is 0 Å². The summed E-state index contributed by atoms with van der Waals surface area (Å²) in [5.74, 6) is -0.207. The van der Waals surface area contributed by atoms with Crippen molar-refractivity contribution in [3.05, 3.63) is 12.7 Å². The van der Waals surface area contributed by atoms with Crippen LogP contribution in [0, 0.1) is 5.41 Å². The normalized spacial score (nSPS) is 15.1. The van der Waals surface area contributed by atoms with Crippen molar-refractivity contribution in [2.45, 2.75) is 65.6 Å². The van der Waals surface area contributed by atoms with Gasteiger partial charge in [-0.05, 0) is 33.6 Å². The molecule has 0 aliphatic heterocycles. The number of aliphatic hydroxyl groups is 1. The maximum Gasteiger partial charge on any atom is 0.311 e. The fourth-order valence-corrected chi connectivity index (χ4v) is 1.47. The van der Waals surface area contributed by atoms with Gasteiger partial charge < -0.3 is 9.84 Å². The highest BCUT2D eigenvalue weighted by Gasteiger charge is 2.26. The van der Waals surface area contributed by atoms with Crippen molar-refractivity contribution in [1.82, 2.24) is 0 Å². The summed E-state index contributed by atoms with van der Waals surface area (Å²) < 4.78 is 5.44. The molecule has 17 heavy (non-hydrogen) atoms. The lowest BCUT2D eigenvalue weighted by atomic mass is 9.97. The molecule has 0 spiro atoms. The molecule has 0 aromatic heterocycles. The van der Waals surface area contributed by atoms with Gasteiger partial charge in [0.1, 0.15) is 6.10 Å². The number of carbonyl (C=O) groups excluding carboxylic acids is 1. The largest absolute Gasteiger partial charge is 0.462 e. The van der Waals surface area contributed by atoms with E-state index >= 15 is 0 Å². The first kappa shape index (κ1) is 16.2. The Morgan fingerprint density at radius 1 is 1.47 bits per heavy atom. The van der Waals surface area contributed by atoms with Crippen LogP contribution in [0.2, 0.25) is 0 Å². The molecule has 0 heterocycles. The highest BCUT2D eigenvalue weighted by Crippen LogP contribution is 2.20. The molecule has 0 bridgehead atoms. The molecule has 0 amide bonds. The predicted molar refractivity (Wildman–Crippen MR) is 69.7 cm³/mol. The van der Waals surface area contributed by atoms with Crippen LogP contribution in [-0.2, 0) is 9.53 Å². The Morgan fingerprint density at radius 2 is 2.06 bits per heavy atom. The third-order valence-electron chi connectivity index (χ3n) is 2.47. The Bertz CT molecular complexity index is 240. The van der Waals surface area contributed by atoms with E-state index < -0.39 is 11.5 Å². The van der Waals surface area contributed by atoms with Crippen molar-refractivity contribution in [1.29, 1.82) is 0 Å². The molecule has 3 nitrogen and oxygen atoms in total. The van der Waals surface area contributed by atoms with Gasteiger partial charge in [0.2, 0.25) is 0 Å². The summed E-state index contributed by atoms with van der Waals surface area (Å²) in [6.07, 6.45) is 3.76. The maximum atomic E-state index is 11.8. The van der Waals surface area contributed by atoms with Crippen LogP contribution in [0.3, 0.4) is 0 Å². The smallest absolute Gasteiger partial charge is 0.311 e. The van der Waals surface area contributed by atoms with Crippen LogP contribution < -0.4 is 0 Å². The molecule has 0 saturated carbocycles. The summed E-state index contributed by atoms with van der Waals surface area (Å²) in [4.78, 5) is 11.8. The van der Waals surface area contributed by atoms with Gasteiger partial charge >= 0.3 is 5.97 Å². The van der Waals surface area contributed by atoms with E-state index in [1.807, 2.05) is 27.7 Å². The lowest BCUT2D eigenvalue weighted by Gasteiger charge is -2.24. The summed E-state index contributed by atoms with van der Waals surface area (Å²) in [6.45, 7) is 11.1. The van der Waals surface area contributed by atoms with Gasteiger partial charge in [0.25, 0.3) is 0 Å². The molecule has 100 valence electrons. The summed E-state index contributed by atoms with van der Waals surface area (Å²) in [7, 11) is 0. The lowest BCUT2D eigenvalue weighted by molar-refractivity contribution is -0.160. The predicted octanol–water partition coefficient (Wildman–Crippen LogP) is 3.07. The average molecular weight is 242 g/mol. The first-order valence-electron chi connectivity index (χ1n) is 6.31. The molecule has 0 aliphatic carbocycles. The highest BCUT2D eigenvalue weighted by molar-refractivity contribution is 5.75. The van der Waals surface area contributed by atoms with E-state index in [0.29, 0.717) is 12.8 Å². The number of esters is 1. The number of carbonyl (C=O) groups is 1. The quantitative estimate of drug-likeness (QED) is 0.551. The zero-order valence-electron chi connectivity index (χ0n) is 11.5. The van der Waals surface area contributed by atoms with Gasteiger partial charge in [-0.25, -0.2) is 0 Å². The van der Waals surface area contributed by atoms with E-state index in [-0.39, 0.29) is 12.1 Å². The lowest BCUT2D eigenvalue weighted by Crippen LogP contribution is -2.30. The van der Waals surface area contributed by atoms with Crippen LogP contribution in [0.25, 0.3) is 0 Å². The van der Waals surface area contributed by atoms with Crippen molar-refractivity contribution >= 4 is 5.97 Å². The number of hydrogen-bond acceptors (Lipinski definition) is 3. The third kappa shape index (κ3) is 7.16. The second-order valence-electron chi connectivity index (χ2n) is 5.48. The summed E-state index contributed by atoms with van der Waals surface area (Å²) in [6, 6.07) is 0. The second-order valence-corrected chi connectivity index (χ2v) is 5.48. The van der Waals surface area contributed by atoms with E-state index in [0.717, 1.165) is 12.8 Å². The van der Waals surface area contributed by atoms with Gasteiger partial charge in [-0.2, -0.15) is 0 Å². The molecule has 0 aromatic carbocycles. The van der Waals surface area contributed by atoms with Gasteiger partial charge in [0.15, 0.2) is 0 Å². The highest BCUT2D eigenvalue weighted by atomic mass is 16.5. The first-order chi connectivity index (χ1) is 7.81. The maximum absolute atomic E-state index is 11.8. The fraction of sp³-hybridized carbons (Fsp3) is 0.786. The zero-order chi connectivity index (χ0) is 13.5. The van der Waals surface area contributed by atoms with Crippen molar-refractivity contribution in [3.63, 3.8) is 0 Å². The van der Waals surface area contributed by atoms with Gasteiger partial charge in [-0.15, -0.1) is 6.58 Å². The number of rotatable bonds is 7. The van der Waals surface area contributed by atoms with Crippen LogP contribution in [-0.4, -0.2) is 23.3 Å². The molecule has 0 rings (SSSR count). The minimum absolute atomic E-state index is 0.193. The molecule has 3 heteroatoms. The molecule has 2 atom stereocenters. The average Bonchev–Trinajstić information content (AvgIpc) is 2.16. The Balaban J connectivity index is 4.33. The molecular formula is C14H26O3. The number of hydrogen-bond donors (Lipinski definition) is 1. The Labute approximate surface area is 105 Å². The summed E-state index contributed by atoms with van der Waals surface area (Å²) >= 11 is 0. The standard InChI is InChI=1S/C14H26O3/c1-6-8-11(15)10-12(9-7-2)17-13(16)14(3,4)5/h6,11-12,15H,1,7-10H2,2-5H3/t11-,12?/m0/s1. The monoisotopic (exact) mass is 242 g/mol. The van der Waals surface area contributed by atoms with Crippen LogP contribution in [0.4, 0.5) is 0 Å². The Morgan fingerprint density at radius 3 is 2.47 bits per heavy atom. The molecule has 0 fully saturated rings. The van der Waals surface area contributed by atoms with Crippen molar-refractivity contribution in [2.24, 2.45) is 5.41 Å². The van der Waals surface area contributed by atoms with Crippen molar-refractivity contribution in [3.8, 4) is 0 Å². The van der Waals surface area contributed by atoms with Gasteiger partial charge in [0, 0.05) is 6.42 Å². The number of ether oxygens (including phenoxy) is 1. The minimum Gasteiger partial charge on any atom is -0.462 e. The molecule has 0 saturated heterocycles. The fourth-order valence-electron chi connectivity index (χ4n) is 1.47. The summed E-state index contributed by atoms with van der Waals surface area (Å²) in [5.41, 5.74) is -0.491. The van der Waals surface area contributed by atoms with Crippen LogP contribution in [0.15, 0.2) is 12.7 Å². The van der Waals surface area contributed by atoms with Crippen molar-refractivity contribution in [2.75, 3.05) is 0 Å². The van der Waals surface area contributed by atoms with E-state index in [1.165, 1.54) is 0 Å². The molecule has 1 unspecified atom stereocenters. The van der Waals surface area contributed by atoms with Gasteiger partial charge in [0.05, 0.1) is 11.5 Å². The molecule has 0 aliphatic rings. The molecular weight excluding hydrogens is 216 g/mol. The van der Waals surface area contributed by atoms with Gasteiger partial charge in [-0.3, -0.25) is 4.79 Å². The van der Waals surface area contributed by atoms with Crippen LogP contribution in [0.1, 0.15) is 53.4 Å². The van der Waals surface area contributed by atoms with Crippen molar-refractivity contribution < 1.29 is 14.6 Å². The van der Waals surface area contributed by atoms with E-state index in [1.54, 1.807) is 6.08 Å². The minimum atomic E-state index is -0.491. The van der Waals surface area contributed by atoms with E-state index in [4.69, 9.17) is 4.74 Å². The Kier molecular flexibility index (Phi) is 7.12. The van der Waals surface area contributed by atoms with E-state index in [9.17, 15) is 9.90 Å². The van der Waals surface area contributed by atoms with Crippen LogP contribution in [0.5, 0.6) is 0 Å². The molecule has 0 aromatic rings. The SMILES string of the molecule is C=CC[C@H](O)CC(CCC)OC(=O)C(C)(C)C. The summed E-state index contributed by atoms with van der Waals surface area (Å²) in [5, 5.41) is 9.70. The third-order valence-corrected chi connectivity index (χ3v) is 2.47. The zero-order valence-corrected chi connectivity index (χ0v) is 11.5. The topological polar surface area (TPSA) is 46.5 Å². The first-order valence-corrected chi connectivity index (χ1v) is 6.31. The van der Waals surface area contributed by atoms with Gasteiger partial charge in [-0.1, -0.05) is 19.4 Å². The van der Waals surface area contributed by atoms with E-state index in [2.05, 4.69) is 6.58 Å².